The van der Waals surface area contributed by atoms with E-state index in [0.717, 1.165) is 10.2 Å². The Balaban J connectivity index is 2.11. The number of nitrogens with one attached hydrogen (secondary N) is 1. The fraction of sp³-hybridized carbons (Fsp3) is 0.222. The second-order valence-electron chi connectivity index (χ2n) is 2.79. The van der Waals surface area contributed by atoms with E-state index in [4.69, 9.17) is 0 Å². The third-order valence-electron chi connectivity index (χ3n) is 1.82. The number of methoxy groups -OCH3 is 1. The van der Waals surface area contributed by atoms with E-state index < -0.39 is 0 Å². The second kappa shape index (κ2) is 4.22. The molecular weight excluding hydrogens is 214 g/mol. The number of hydrogen-bond acceptors (Lipinski definition) is 6. The number of hydrogen-bond donors (Lipinski definition) is 1. The van der Waals surface area contributed by atoms with Crippen LogP contribution in [0.25, 0.3) is 10.2 Å². The first-order chi connectivity index (χ1) is 7.29. The van der Waals surface area contributed by atoms with E-state index in [1.807, 2.05) is 11.4 Å². The van der Waals surface area contributed by atoms with Crippen LogP contribution in [-0.4, -0.2) is 29.6 Å². The Bertz CT molecular complexity index is 483. The molecule has 0 aliphatic heterocycles. The lowest BCUT2D eigenvalue weighted by molar-refractivity contribution is -0.138. The Morgan fingerprint density at radius 1 is 1.67 bits per heavy atom. The molecule has 2 rings (SSSR count). The molecule has 2 aromatic rings. The van der Waals surface area contributed by atoms with E-state index in [2.05, 4.69) is 20.0 Å². The average Bonchev–Trinajstić information content (AvgIpc) is 2.72. The number of rotatable bonds is 3. The largest absolute Gasteiger partial charge is 0.468 e. The van der Waals surface area contributed by atoms with E-state index in [0.29, 0.717) is 5.95 Å². The Kier molecular flexibility index (Phi) is 2.77. The molecule has 0 bridgehead atoms. The minimum atomic E-state index is -0.344. The van der Waals surface area contributed by atoms with E-state index >= 15 is 0 Å². The van der Waals surface area contributed by atoms with Crippen LogP contribution in [0.5, 0.6) is 0 Å². The van der Waals surface area contributed by atoms with Crippen molar-refractivity contribution in [3.63, 3.8) is 0 Å². The van der Waals surface area contributed by atoms with Gasteiger partial charge in [-0.25, -0.2) is 9.97 Å². The van der Waals surface area contributed by atoms with E-state index in [1.165, 1.54) is 7.11 Å². The van der Waals surface area contributed by atoms with Gasteiger partial charge in [0.2, 0.25) is 5.95 Å². The van der Waals surface area contributed by atoms with Gasteiger partial charge in [0.05, 0.1) is 23.5 Å². The molecule has 0 saturated heterocycles. The van der Waals surface area contributed by atoms with Gasteiger partial charge < -0.3 is 10.1 Å². The molecule has 6 heteroatoms. The van der Waals surface area contributed by atoms with Crippen molar-refractivity contribution in [2.75, 3.05) is 19.0 Å². The molecule has 0 fully saturated rings. The van der Waals surface area contributed by atoms with Gasteiger partial charge in [0.15, 0.2) is 0 Å². The van der Waals surface area contributed by atoms with Crippen molar-refractivity contribution < 1.29 is 9.53 Å². The SMILES string of the molecule is COC(=O)CNc1ncc2sccc2n1. The predicted molar refractivity (Wildman–Crippen MR) is 57.9 cm³/mol. The second-order valence-corrected chi connectivity index (χ2v) is 3.74. The van der Waals surface area contributed by atoms with Crippen molar-refractivity contribution in [2.24, 2.45) is 0 Å². The van der Waals surface area contributed by atoms with Crippen LogP contribution in [0.3, 0.4) is 0 Å². The number of carbonyl (C=O) groups excluding carboxylic acids is 1. The third-order valence-corrected chi connectivity index (χ3v) is 2.66. The summed E-state index contributed by atoms with van der Waals surface area (Å²) in [4.78, 5) is 19.1. The quantitative estimate of drug-likeness (QED) is 0.794. The Morgan fingerprint density at radius 3 is 3.33 bits per heavy atom. The van der Waals surface area contributed by atoms with Crippen molar-refractivity contribution in [1.29, 1.82) is 0 Å². The van der Waals surface area contributed by atoms with Crippen molar-refractivity contribution in [3.05, 3.63) is 17.6 Å². The summed E-state index contributed by atoms with van der Waals surface area (Å²) in [5.74, 6) is 0.0929. The maximum atomic E-state index is 10.9. The third kappa shape index (κ3) is 2.21. The summed E-state index contributed by atoms with van der Waals surface area (Å²) < 4.78 is 5.52. The van der Waals surface area contributed by atoms with Gasteiger partial charge in [-0.15, -0.1) is 11.3 Å². The van der Waals surface area contributed by atoms with E-state index in [1.54, 1.807) is 17.5 Å². The Labute approximate surface area is 90.1 Å². The maximum Gasteiger partial charge on any atom is 0.325 e. The highest BCUT2D eigenvalue weighted by molar-refractivity contribution is 7.17. The van der Waals surface area contributed by atoms with Crippen LogP contribution in [0.15, 0.2) is 17.6 Å². The van der Waals surface area contributed by atoms with Gasteiger partial charge in [0, 0.05) is 0 Å². The minimum absolute atomic E-state index is 0.0755. The first kappa shape index (κ1) is 9.85. The van der Waals surface area contributed by atoms with Crippen LogP contribution in [0, 0.1) is 0 Å². The molecule has 0 atom stereocenters. The molecule has 0 aliphatic rings. The van der Waals surface area contributed by atoms with Crippen LogP contribution >= 0.6 is 11.3 Å². The summed E-state index contributed by atoms with van der Waals surface area (Å²) in [5.41, 5.74) is 0.877. The summed E-state index contributed by atoms with van der Waals surface area (Å²) in [6.07, 6.45) is 1.73. The van der Waals surface area contributed by atoms with Crippen LogP contribution < -0.4 is 5.32 Å². The van der Waals surface area contributed by atoms with Gasteiger partial charge >= 0.3 is 5.97 Å². The number of nitrogens with zero attached hydrogens (tertiary/aromatic N) is 2. The molecule has 1 N–H and O–H groups in total. The standard InChI is InChI=1S/C9H9N3O2S/c1-14-8(13)5-11-9-10-4-7-6(12-9)2-3-15-7/h2-4H,5H2,1H3,(H,10,11,12). The predicted octanol–water partition coefficient (Wildman–Crippen LogP) is 1.28. The van der Waals surface area contributed by atoms with Gasteiger partial charge in [0.1, 0.15) is 6.54 Å². The number of anilines is 1. The minimum Gasteiger partial charge on any atom is -0.468 e. The van der Waals surface area contributed by atoms with Gasteiger partial charge in [-0.3, -0.25) is 4.79 Å². The van der Waals surface area contributed by atoms with Gasteiger partial charge in [-0.05, 0) is 11.4 Å². The van der Waals surface area contributed by atoms with Crippen LogP contribution in [-0.2, 0) is 9.53 Å². The topological polar surface area (TPSA) is 64.1 Å². The van der Waals surface area contributed by atoms with Crippen molar-refractivity contribution in [2.45, 2.75) is 0 Å². The highest BCUT2D eigenvalue weighted by Crippen LogP contribution is 2.18. The fourth-order valence-electron chi connectivity index (χ4n) is 1.07. The Hall–Kier alpha value is -1.69. The summed E-state index contributed by atoms with van der Waals surface area (Å²) in [6, 6.07) is 1.91. The van der Waals surface area contributed by atoms with Crippen molar-refractivity contribution in [3.8, 4) is 0 Å². The van der Waals surface area contributed by atoms with Crippen molar-refractivity contribution >= 4 is 33.5 Å². The molecule has 0 radical (unpaired) electrons. The normalized spacial score (nSPS) is 10.2. The molecule has 0 spiro atoms. The average molecular weight is 223 g/mol. The van der Waals surface area contributed by atoms with Crippen LogP contribution in [0.1, 0.15) is 0 Å². The molecule has 0 saturated carbocycles. The molecule has 78 valence electrons. The first-order valence-corrected chi connectivity index (χ1v) is 5.18. The molecule has 0 aromatic carbocycles. The molecule has 5 nitrogen and oxygen atoms in total. The molecule has 0 aliphatic carbocycles. The van der Waals surface area contributed by atoms with Crippen molar-refractivity contribution in [1.82, 2.24) is 9.97 Å². The van der Waals surface area contributed by atoms with Gasteiger partial charge in [0.25, 0.3) is 0 Å². The highest BCUT2D eigenvalue weighted by Gasteiger charge is 2.03. The number of carbonyl (C=O) groups is 1. The lowest BCUT2D eigenvalue weighted by Crippen LogP contribution is -2.16. The Morgan fingerprint density at radius 2 is 2.53 bits per heavy atom. The number of aromatic nitrogens is 2. The molecule has 2 heterocycles. The zero-order valence-electron chi connectivity index (χ0n) is 8.06. The highest BCUT2D eigenvalue weighted by atomic mass is 32.1. The summed E-state index contributed by atoms with van der Waals surface area (Å²) >= 11 is 1.58. The van der Waals surface area contributed by atoms with Crippen LogP contribution in [0.4, 0.5) is 5.95 Å². The summed E-state index contributed by atoms with van der Waals surface area (Å²) in [7, 11) is 1.34. The van der Waals surface area contributed by atoms with E-state index in [9.17, 15) is 4.79 Å². The number of fused-ring (bicyclic) bond motifs is 1. The monoisotopic (exact) mass is 223 g/mol. The number of thiophene rings is 1. The zero-order chi connectivity index (χ0) is 10.7. The molecule has 0 amide bonds. The zero-order valence-corrected chi connectivity index (χ0v) is 8.87. The number of ether oxygens (including phenoxy) is 1. The fourth-order valence-corrected chi connectivity index (χ4v) is 1.77. The maximum absolute atomic E-state index is 10.9. The number of esters is 1. The smallest absolute Gasteiger partial charge is 0.325 e. The molecule has 15 heavy (non-hydrogen) atoms. The lowest BCUT2D eigenvalue weighted by atomic mass is 10.5. The van der Waals surface area contributed by atoms with Crippen LogP contribution in [0.2, 0.25) is 0 Å². The first-order valence-electron chi connectivity index (χ1n) is 4.30. The summed E-state index contributed by atoms with van der Waals surface area (Å²) in [6.45, 7) is 0.0755. The molecule has 0 unspecified atom stereocenters. The van der Waals surface area contributed by atoms with E-state index in [-0.39, 0.29) is 12.5 Å². The van der Waals surface area contributed by atoms with Gasteiger partial charge in [-0.2, -0.15) is 0 Å². The molecule has 2 aromatic heterocycles. The van der Waals surface area contributed by atoms with Gasteiger partial charge in [-0.1, -0.05) is 0 Å². The summed E-state index contributed by atoms with van der Waals surface area (Å²) in [5, 5.41) is 4.73. The molecular formula is C9H9N3O2S. The lowest BCUT2D eigenvalue weighted by Gasteiger charge is -2.02.